The number of carbonyl (C=O) groups excluding carboxylic acids is 2. The second kappa shape index (κ2) is 10.3. The Morgan fingerprint density at radius 1 is 1.11 bits per heavy atom. The number of rotatable bonds is 8. The Kier molecular flexibility index (Phi) is 6.81. The third-order valence-electron chi connectivity index (χ3n) is 6.35. The molecule has 1 N–H and O–H groups in total. The molecule has 2 unspecified atom stereocenters. The molecule has 9 heteroatoms. The fourth-order valence-electron chi connectivity index (χ4n) is 4.47. The van der Waals surface area contributed by atoms with Gasteiger partial charge in [-0.05, 0) is 63.1 Å². The molecule has 0 aliphatic carbocycles. The normalized spacial score (nSPS) is 16.2. The lowest BCUT2D eigenvalue weighted by Gasteiger charge is -2.30. The van der Waals surface area contributed by atoms with E-state index in [1.807, 2.05) is 62.4 Å². The van der Waals surface area contributed by atoms with Crippen LogP contribution in [0.15, 0.2) is 65.1 Å². The molecule has 2 atom stereocenters. The molecule has 1 aliphatic rings. The molecular formula is C27H29N5O4. The van der Waals surface area contributed by atoms with Gasteiger partial charge in [-0.1, -0.05) is 35.0 Å². The lowest BCUT2D eigenvalue weighted by molar-refractivity contribution is -0.127. The van der Waals surface area contributed by atoms with Gasteiger partial charge in [-0.2, -0.15) is 0 Å². The van der Waals surface area contributed by atoms with Gasteiger partial charge in [0.1, 0.15) is 23.6 Å². The van der Waals surface area contributed by atoms with Gasteiger partial charge < -0.3 is 14.5 Å². The average molecular weight is 488 g/mol. The van der Waals surface area contributed by atoms with E-state index in [9.17, 15) is 9.59 Å². The van der Waals surface area contributed by atoms with Crippen LogP contribution in [0.1, 0.15) is 36.0 Å². The van der Waals surface area contributed by atoms with E-state index >= 15 is 0 Å². The summed E-state index contributed by atoms with van der Waals surface area (Å²) >= 11 is 0. The number of furan rings is 1. The van der Waals surface area contributed by atoms with E-state index < -0.39 is 6.04 Å². The van der Waals surface area contributed by atoms with Gasteiger partial charge in [0.15, 0.2) is 6.04 Å². The molecule has 5 rings (SSSR count). The Morgan fingerprint density at radius 2 is 1.92 bits per heavy atom. The number of anilines is 1. The van der Waals surface area contributed by atoms with Crippen LogP contribution in [0.2, 0.25) is 0 Å². The van der Waals surface area contributed by atoms with Gasteiger partial charge in [0, 0.05) is 18.8 Å². The summed E-state index contributed by atoms with van der Waals surface area (Å²) < 4.78 is 13.1. The number of aryl methyl sites for hydroxylation is 2. The zero-order chi connectivity index (χ0) is 25.1. The van der Waals surface area contributed by atoms with Gasteiger partial charge in [-0.15, -0.1) is 5.10 Å². The van der Waals surface area contributed by atoms with Crippen LogP contribution in [0, 0.1) is 13.8 Å². The van der Waals surface area contributed by atoms with Crippen molar-refractivity contribution in [3.8, 4) is 0 Å². The van der Waals surface area contributed by atoms with Crippen LogP contribution in [-0.2, 0) is 20.9 Å². The Bertz CT molecular complexity index is 1350. The van der Waals surface area contributed by atoms with E-state index in [4.69, 9.17) is 9.15 Å². The van der Waals surface area contributed by atoms with E-state index in [-0.39, 0.29) is 24.5 Å². The van der Waals surface area contributed by atoms with Crippen LogP contribution in [-0.4, -0.2) is 46.1 Å². The number of nitrogens with one attached hydrogen (secondary N) is 1. The summed E-state index contributed by atoms with van der Waals surface area (Å²) in [7, 11) is 0. The zero-order valence-corrected chi connectivity index (χ0v) is 20.4. The molecule has 2 aromatic carbocycles. The van der Waals surface area contributed by atoms with Crippen LogP contribution < -0.4 is 10.2 Å². The summed E-state index contributed by atoms with van der Waals surface area (Å²) in [4.78, 5) is 29.1. The van der Waals surface area contributed by atoms with Crippen molar-refractivity contribution < 1.29 is 18.7 Å². The quantitative estimate of drug-likeness (QED) is 0.407. The molecule has 9 nitrogen and oxygen atoms in total. The summed E-state index contributed by atoms with van der Waals surface area (Å²) in [6, 6.07) is 17.5. The maximum atomic E-state index is 13.9. The predicted molar refractivity (Wildman–Crippen MR) is 134 cm³/mol. The second-order valence-electron chi connectivity index (χ2n) is 9.07. The van der Waals surface area contributed by atoms with E-state index in [2.05, 4.69) is 15.6 Å². The van der Waals surface area contributed by atoms with Crippen LogP contribution in [0.3, 0.4) is 0 Å². The van der Waals surface area contributed by atoms with Crippen molar-refractivity contribution in [2.45, 2.75) is 45.4 Å². The minimum absolute atomic E-state index is 0.0297. The SMILES string of the molecule is Cc1ccc(N(C(=O)Cn2nnc3ccccc32)C(C(=O)NCC2CCCO2)c2ccc(C)o2)cc1. The number of fused-ring (bicyclic) bond motifs is 1. The summed E-state index contributed by atoms with van der Waals surface area (Å²) in [6.45, 7) is 4.76. The van der Waals surface area contributed by atoms with Crippen LogP contribution >= 0.6 is 0 Å². The number of ether oxygens (including phenoxy) is 1. The maximum Gasteiger partial charge on any atom is 0.251 e. The van der Waals surface area contributed by atoms with Crippen LogP contribution in [0.25, 0.3) is 11.0 Å². The number of benzene rings is 2. The fourth-order valence-corrected chi connectivity index (χ4v) is 4.47. The number of aromatic nitrogens is 3. The molecule has 1 aliphatic heterocycles. The minimum Gasteiger partial charge on any atom is -0.464 e. The topological polar surface area (TPSA) is 102 Å². The summed E-state index contributed by atoms with van der Waals surface area (Å²) in [6.07, 6.45) is 1.84. The first-order chi connectivity index (χ1) is 17.5. The molecule has 36 heavy (non-hydrogen) atoms. The smallest absolute Gasteiger partial charge is 0.251 e. The summed E-state index contributed by atoms with van der Waals surface area (Å²) in [5.41, 5.74) is 3.06. The zero-order valence-electron chi connectivity index (χ0n) is 20.4. The third-order valence-corrected chi connectivity index (χ3v) is 6.35. The van der Waals surface area contributed by atoms with Crippen molar-refractivity contribution in [1.29, 1.82) is 0 Å². The number of nitrogens with zero attached hydrogens (tertiary/aromatic N) is 4. The van der Waals surface area contributed by atoms with Crippen molar-refractivity contribution in [2.24, 2.45) is 0 Å². The maximum absolute atomic E-state index is 13.9. The molecular weight excluding hydrogens is 458 g/mol. The van der Waals surface area contributed by atoms with E-state index in [1.165, 1.54) is 4.90 Å². The molecule has 3 heterocycles. The van der Waals surface area contributed by atoms with Crippen molar-refractivity contribution in [3.05, 3.63) is 77.7 Å². The Balaban J connectivity index is 1.51. The molecule has 186 valence electrons. The highest BCUT2D eigenvalue weighted by molar-refractivity contribution is 6.01. The largest absolute Gasteiger partial charge is 0.464 e. The highest BCUT2D eigenvalue weighted by Gasteiger charge is 2.36. The molecule has 2 aromatic heterocycles. The van der Waals surface area contributed by atoms with Crippen molar-refractivity contribution in [3.63, 3.8) is 0 Å². The second-order valence-corrected chi connectivity index (χ2v) is 9.07. The first-order valence-corrected chi connectivity index (χ1v) is 12.1. The molecule has 0 bridgehead atoms. The van der Waals surface area contributed by atoms with Gasteiger partial charge in [-0.3, -0.25) is 14.5 Å². The lowest BCUT2D eigenvalue weighted by Crippen LogP contribution is -2.46. The van der Waals surface area contributed by atoms with Gasteiger partial charge in [-0.25, -0.2) is 4.68 Å². The Labute approximate surface area is 209 Å². The molecule has 0 spiro atoms. The highest BCUT2D eigenvalue weighted by atomic mass is 16.5. The summed E-state index contributed by atoms with van der Waals surface area (Å²) in [5.74, 6) is 0.383. The fraction of sp³-hybridized carbons (Fsp3) is 0.333. The number of hydrogen-bond donors (Lipinski definition) is 1. The first kappa shape index (κ1) is 23.7. The van der Waals surface area contributed by atoms with Crippen molar-refractivity contribution in [2.75, 3.05) is 18.1 Å². The number of hydrogen-bond acceptors (Lipinski definition) is 6. The van der Waals surface area contributed by atoms with Gasteiger partial charge in [0.25, 0.3) is 5.91 Å². The van der Waals surface area contributed by atoms with E-state index in [0.29, 0.717) is 35.9 Å². The molecule has 4 aromatic rings. The van der Waals surface area contributed by atoms with Crippen molar-refractivity contribution >= 4 is 28.5 Å². The average Bonchev–Trinajstić information content (AvgIpc) is 3.64. The van der Waals surface area contributed by atoms with E-state index in [0.717, 1.165) is 23.9 Å². The standard InChI is InChI=1S/C27H29N5O4/c1-18-9-12-20(13-10-18)32(25(33)17-31-23-8-4-3-7-22(23)29-30-31)26(24-14-11-19(2)36-24)27(34)28-16-21-6-5-15-35-21/h3-4,7-14,21,26H,5-6,15-17H2,1-2H3,(H,28,34). The highest BCUT2D eigenvalue weighted by Crippen LogP contribution is 2.30. The van der Waals surface area contributed by atoms with Gasteiger partial charge >= 0.3 is 0 Å². The lowest BCUT2D eigenvalue weighted by atomic mass is 10.1. The van der Waals surface area contributed by atoms with Crippen LogP contribution in [0.4, 0.5) is 5.69 Å². The van der Waals surface area contributed by atoms with E-state index in [1.54, 1.807) is 16.8 Å². The van der Waals surface area contributed by atoms with Crippen molar-refractivity contribution in [1.82, 2.24) is 20.3 Å². The van der Waals surface area contributed by atoms with Crippen LogP contribution in [0.5, 0.6) is 0 Å². The number of amides is 2. The monoisotopic (exact) mass is 487 g/mol. The predicted octanol–water partition coefficient (Wildman–Crippen LogP) is 3.71. The molecule has 0 radical (unpaired) electrons. The molecule has 0 saturated carbocycles. The summed E-state index contributed by atoms with van der Waals surface area (Å²) in [5, 5.41) is 11.3. The minimum atomic E-state index is -1.01. The number of para-hydroxylation sites is 1. The number of carbonyl (C=O) groups is 2. The third kappa shape index (κ3) is 5.01. The molecule has 1 fully saturated rings. The molecule has 1 saturated heterocycles. The Morgan fingerprint density at radius 3 is 2.64 bits per heavy atom. The Hall–Kier alpha value is -3.98. The van der Waals surface area contributed by atoms with Gasteiger partial charge in [0.2, 0.25) is 5.91 Å². The van der Waals surface area contributed by atoms with Gasteiger partial charge in [0.05, 0.1) is 11.6 Å². The molecule has 2 amide bonds. The first-order valence-electron chi connectivity index (χ1n) is 12.1.